The molecule has 0 N–H and O–H groups in total. The van der Waals surface area contributed by atoms with Crippen LogP contribution in [-0.2, 0) is 79.6 Å². The third-order valence-electron chi connectivity index (χ3n) is 20.8. The van der Waals surface area contributed by atoms with Crippen molar-refractivity contribution in [2.75, 3.05) is 0 Å². The van der Waals surface area contributed by atoms with Gasteiger partial charge in [0.15, 0.2) is 0 Å². The molecule has 0 aliphatic carbocycles. The van der Waals surface area contributed by atoms with E-state index in [2.05, 4.69) is 332 Å². The Hall–Kier alpha value is -11.9. The zero-order valence-electron chi connectivity index (χ0n) is 68.7. The maximum atomic E-state index is 4.60. The molecule has 0 aliphatic heterocycles. The van der Waals surface area contributed by atoms with E-state index in [1.165, 1.54) is 127 Å². The van der Waals surface area contributed by atoms with Gasteiger partial charge in [-0.15, -0.1) is 179 Å². The summed E-state index contributed by atoms with van der Waals surface area (Å²) < 4.78 is 7.81. The number of rotatable bonds is 12. The van der Waals surface area contributed by atoms with Gasteiger partial charge in [0.1, 0.15) is 0 Å². The Morgan fingerprint density at radius 1 is 0.252 bits per heavy atom. The van der Waals surface area contributed by atoms with Crippen molar-refractivity contribution in [3.8, 4) is 101 Å². The summed E-state index contributed by atoms with van der Waals surface area (Å²) in [4.78, 5) is 27.3. The molecule has 0 amide bonds. The summed E-state index contributed by atoms with van der Waals surface area (Å²) in [6, 6.07) is 132. The first kappa shape index (κ1) is 88.9. The molecule has 123 heavy (non-hydrogen) atoms. The number of fused-ring (bicyclic) bond motifs is 9. The first-order valence-corrected chi connectivity index (χ1v) is 42.9. The predicted molar refractivity (Wildman–Crippen MR) is 508 cm³/mol. The summed E-state index contributed by atoms with van der Waals surface area (Å²) in [5, 5.41) is 7.81. The maximum absolute atomic E-state index is 4.60. The summed E-state index contributed by atoms with van der Waals surface area (Å²) in [5.74, 6) is 0. The normalized spacial score (nSPS) is 10.6. The van der Waals surface area contributed by atoms with Crippen molar-refractivity contribution in [2.45, 2.75) is 60.8 Å². The Labute approximate surface area is 773 Å². The van der Waals surface area contributed by atoms with Crippen molar-refractivity contribution in [3.05, 3.63) is 435 Å². The molecule has 3 radical (unpaired) electrons. The summed E-state index contributed by atoms with van der Waals surface area (Å²) >= 11 is 5.46. The van der Waals surface area contributed by atoms with Gasteiger partial charge in [0.05, 0.1) is 0 Å². The minimum absolute atomic E-state index is 0. The van der Waals surface area contributed by atoms with Crippen molar-refractivity contribution in [3.63, 3.8) is 0 Å². The van der Waals surface area contributed by atoms with Crippen molar-refractivity contribution < 1.29 is 60.3 Å². The van der Waals surface area contributed by atoms with Gasteiger partial charge in [-0.25, -0.2) is 0 Å². The molecule has 21 rings (SSSR count). The van der Waals surface area contributed by atoms with Gasteiger partial charge in [0, 0.05) is 128 Å². The quantitative estimate of drug-likeness (QED) is 0.113. The molecule has 0 atom stereocenters. The smallest absolute Gasteiger partial charge is 0.0246 e. The summed E-state index contributed by atoms with van der Waals surface area (Å²) in [5.41, 5.74) is 27.1. The second-order valence-electron chi connectivity index (χ2n) is 29.0. The molecule has 9 heterocycles. The standard InChI is InChI=1S/3C19H16N.3C18H12NS.3Ir/c3*1-2-15-13-19(17-11-7-4-8-12-17)20-14-18(15)16-9-5-3-6-10-16;1-12-9-10-19-16(11-12)15-7-4-6-14-13-5-2-3-8-17(13)20-18(14)15;1-12-6-9-16(19-11-12)13-7-8-15-14-4-2-3-5-17(14)20-18(15)10-13;1-12-6-8-16(19-11-12)13-7-9-18-15(10-13)14-4-2-3-5-17(14)20-18;;;/h3*3-11,13-14H,2H2,1H3;3*2-6,8-11H,1H3;;;/q6*-1;;;. The van der Waals surface area contributed by atoms with Crippen molar-refractivity contribution in [2.24, 2.45) is 0 Å². The maximum Gasteiger partial charge on any atom is 0.0246 e. The third kappa shape index (κ3) is 21.6. The van der Waals surface area contributed by atoms with E-state index in [0.29, 0.717) is 0 Å². The van der Waals surface area contributed by atoms with Crippen LogP contribution in [0, 0.1) is 57.2 Å². The fourth-order valence-electron chi connectivity index (χ4n) is 14.5. The fourth-order valence-corrected chi connectivity index (χ4v) is 17.9. The van der Waals surface area contributed by atoms with Crippen LogP contribution in [0.5, 0.6) is 0 Å². The summed E-state index contributed by atoms with van der Waals surface area (Å²) in [6.07, 6.45) is 14.6. The fraction of sp³-hybridized carbons (Fsp3) is 0.0811. The average Bonchev–Trinajstić information content (AvgIpc) is 1.68. The van der Waals surface area contributed by atoms with Crippen LogP contribution >= 0.6 is 34.0 Å². The van der Waals surface area contributed by atoms with E-state index in [0.717, 1.165) is 86.8 Å². The van der Waals surface area contributed by atoms with Crippen molar-refractivity contribution in [1.82, 2.24) is 29.9 Å². The number of benzene rings is 12. The van der Waals surface area contributed by atoms with Crippen molar-refractivity contribution >= 4 is 94.5 Å². The second-order valence-corrected chi connectivity index (χ2v) is 32.2. The summed E-state index contributed by atoms with van der Waals surface area (Å²) in [7, 11) is 0. The number of aromatic nitrogens is 6. The molecule has 21 aromatic rings. The van der Waals surface area contributed by atoms with Crippen LogP contribution in [0.3, 0.4) is 0 Å². The van der Waals surface area contributed by atoms with E-state index in [1.807, 2.05) is 174 Å². The van der Waals surface area contributed by atoms with E-state index >= 15 is 0 Å². The number of nitrogens with zero attached hydrogens (tertiary/aromatic N) is 6. The third-order valence-corrected chi connectivity index (χ3v) is 24.3. The Morgan fingerprint density at radius 2 is 0.650 bits per heavy atom. The van der Waals surface area contributed by atoms with Gasteiger partial charge in [-0.3, -0.25) is 0 Å². The number of aryl methyl sites for hydroxylation is 6. The molecule has 609 valence electrons. The average molecular weight is 2170 g/mol. The predicted octanol–water partition coefficient (Wildman–Crippen LogP) is 30.0. The molecule has 0 saturated carbocycles. The number of hydrogen-bond acceptors (Lipinski definition) is 9. The molecule has 0 spiro atoms. The van der Waals surface area contributed by atoms with E-state index in [9.17, 15) is 0 Å². The van der Waals surface area contributed by atoms with Gasteiger partial charge in [0.25, 0.3) is 0 Å². The Morgan fingerprint density at radius 3 is 1.08 bits per heavy atom. The molecule has 0 unspecified atom stereocenters. The van der Waals surface area contributed by atoms with Crippen LogP contribution in [0.1, 0.15) is 54.2 Å². The topological polar surface area (TPSA) is 77.3 Å². The molecular formula is C111H84Ir3N6S3-6. The molecule has 9 aromatic heterocycles. The van der Waals surface area contributed by atoms with Crippen LogP contribution < -0.4 is 0 Å². The number of pyridine rings is 6. The molecular weight excluding hydrogens is 2090 g/mol. The Bertz CT molecular complexity index is 6690. The molecule has 0 aliphatic rings. The molecule has 0 saturated heterocycles. The zero-order chi connectivity index (χ0) is 81.9. The van der Waals surface area contributed by atoms with Gasteiger partial charge < -0.3 is 29.9 Å². The number of thiophene rings is 3. The van der Waals surface area contributed by atoms with E-state index in [1.54, 1.807) is 0 Å². The molecule has 6 nitrogen and oxygen atoms in total. The van der Waals surface area contributed by atoms with Crippen LogP contribution in [-0.4, -0.2) is 29.9 Å². The monoisotopic (exact) mass is 2180 g/mol. The van der Waals surface area contributed by atoms with Crippen LogP contribution in [0.4, 0.5) is 0 Å². The Kier molecular flexibility index (Phi) is 31.3. The van der Waals surface area contributed by atoms with E-state index < -0.39 is 0 Å². The SMILES string of the molecule is CCc1cc(-c2[c-]cccc2)ncc1-c1ccccc1.CCc1cc(-c2[c-]cccc2)ncc1-c1ccccc1.CCc1cc(-c2[c-]cccc2)ncc1-c1ccccc1.Cc1ccc(-c2[c-]cc3c(c2)sc2ccccc23)nc1.Cc1ccc(-c2[c-]cc3sc4ccccc4c3c2)nc1.Cc1ccnc(-c2[c-]ccc3c2sc2ccccc23)c1.[Ir].[Ir].[Ir]. The first-order chi connectivity index (χ1) is 59.1. The van der Waals surface area contributed by atoms with Gasteiger partial charge in [-0.05, 0) is 173 Å². The van der Waals surface area contributed by atoms with Gasteiger partial charge in [0.2, 0.25) is 0 Å². The van der Waals surface area contributed by atoms with Gasteiger partial charge >= 0.3 is 0 Å². The van der Waals surface area contributed by atoms with Gasteiger partial charge in [-0.1, -0.05) is 237 Å². The number of hydrogen-bond donors (Lipinski definition) is 0. The minimum atomic E-state index is 0. The summed E-state index contributed by atoms with van der Waals surface area (Å²) in [6.45, 7) is 12.7. The van der Waals surface area contributed by atoms with Gasteiger partial charge in [-0.2, -0.15) is 34.0 Å². The van der Waals surface area contributed by atoms with E-state index in [-0.39, 0.29) is 60.3 Å². The first-order valence-electron chi connectivity index (χ1n) is 40.4. The van der Waals surface area contributed by atoms with Crippen LogP contribution in [0.25, 0.3) is 161 Å². The molecule has 0 bridgehead atoms. The second kappa shape index (κ2) is 43.3. The van der Waals surface area contributed by atoms with Crippen LogP contribution in [0.15, 0.2) is 365 Å². The Balaban J connectivity index is 0.000000126. The largest absolute Gasteiger partial charge is 0.305 e. The van der Waals surface area contributed by atoms with E-state index in [4.69, 9.17) is 0 Å². The molecule has 12 aromatic carbocycles. The zero-order valence-corrected chi connectivity index (χ0v) is 78.3. The molecule has 12 heteroatoms. The minimum Gasteiger partial charge on any atom is -0.305 e. The van der Waals surface area contributed by atoms with Crippen LogP contribution in [0.2, 0.25) is 0 Å². The van der Waals surface area contributed by atoms with Crippen molar-refractivity contribution in [1.29, 1.82) is 0 Å². The molecule has 0 fully saturated rings.